The lowest BCUT2D eigenvalue weighted by atomic mass is 9.83. The summed E-state index contributed by atoms with van der Waals surface area (Å²) in [5.74, 6) is 0.664. The predicted octanol–water partition coefficient (Wildman–Crippen LogP) is 2.57. The van der Waals surface area contributed by atoms with Gasteiger partial charge in [0.2, 0.25) is 5.88 Å². The summed E-state index contributed by atoms with van der Waals surface area (Å²) in [5.41, 5.74) is 7.71. The number of nitrogens with two attached hydrogens (primary N) is 1. The normalized spacial score (nSPS) is 20.1. The number of rotatable bonds is 5. The second-order valence-corrected chi connectivity index (χ2v) is 7.65. The van der Waals surface area contributed by atoms with Crippen LogP contribution in [-0.2, 0) is 11.3 Å². The van der Waals surface area contributed by atoms with Crippen LogP contribution >= 0.6 is 0 Å². The molecule has 0 aliphatic carbocycles. The first-order valence-corrected chi connectivity index (χ1v) is 10.1. The van der Waals surface area contributed by atoms with Crippen LogP contribution in [0.5, 0.6) is 17.2 Å². The van der Waals surface area contributed by atoms with Gasteiger partial charge in [-0.25, -0.2) is 0 Å². The Balaban J connectivity index is 1.94. The minimum Gasteiger partial charge on any atom is -0.497 e. The number of hydrogen-bond acceptors (Lipinski definition) is 7. The van der Waals surface area contributed by atoms with Crippen LogP contribution < -0.4 is 25.5 Å². The SMILES string of the molecule is COc1ccc(OC)c([C@@H]2C(C#N)=C(N)Oc3cc(C)n(C[C@@H]4CCCO4)c(=O)c32)c1. The second kappa shape index (κ2) is 8.36. The third kappa shape index (κ3) is 3.62. The molecule has 1 saturated heterocycles. The van der Waals surface area contributed by atoms with Gasteiger partial charge < -0.3 is 29.2 Å². The monoisotopic (exact) mass is 423 g/mol. The predicted molar refractivity (Wildman–Crippen MR) is 113 cm³/mol. The number of methoxy groups -OCH3 is 2. The van der Waals surface area contributed by atoms with Crippen molar-refractivity contribution in [3.63, 3.8) is 0 Å². The second-order valence-electron chi connectivity index (χ2n) is 7.65. The molecule has 3 heterocycles. The molecule has 1 aromatic heterocycles. The number of nitriles is 1. The molecule has 0 unspecified atom stereocenters. The van der Waals surface area contributed by atoms with E-state index in [0.29, 0.717) is 41.5 Å². The molecule has 0 spiro atoms. The van der Waals surface area contributed by atoms with E-state index in [9.17, 15) is 10.1 Å². The Hall–Kier alpha value is -3.44. The Kier molecular flexibility index (Phi) is 5.61. The summed E-state index contributed by atoms with van der Waals surface area (Å²) in [7, 11) is 3.09. The number of allylic oxidation sites excluding steroid dienone is 1. The van der Waals surface area contributed by atoms with Crippen molar-refractivity contribution in [2.75, 3.05) is 20.8 Å². The van der Waals surface area contributed by atoms with E-state index in [0.717, 1.165) is 18.5 Å². The minimum absolute atomic E-state index is 0.0141. The summed E-state index contributed by atoms with van der Waals surface area (Å²) < 4.78 is 24.1. The molecule has 0 saturated carbocycles. The highest BCUT2D eigenvalue weighted by Crippen LogP contribution is 2.44. The van der Waals surface area contributed by atoms with E-state index in [2.05, 4.69) is 6.07 Å². The fourth-order valence-electron chi connectivity index (χ4n) is 4.28. The Morgan fingerprint density at radius 3 is 2.74 bits per heavy atom. The number of ether oxygens (including phenoxy) is 4. The largest absolute Gasteiger partial charge is 0.497 e. The van der Waals surface area contributed by atoms with E-state index in [1.54, 1.807) is 35.9 Å². The Labute approximate surface area is 180 Å². The molecule has 0 amide bonds. The van der Waals surface area contributed by atoms with Gasteiger partial charge in [0.25, 0.3) is 5.56 Å². The first-order chi connectivity index (χ1) is 15.0. The molecule has 8 heteroatoms. The molecule has 31 heavy (non-hydrogen) atoms. The van der Waals surface area contributed by atoms with Crippen molar-refractivity contribution in [2.24, 2.45) is 5.73 Å². The van der Waals surface area contributed by atoms with Crippen molar-refractivity contribution in [1.29, 1.82) is 5.26 Å². The highest BCUT2D eigenvalue weighted by molar-refractivity contribution is 5.59. The Morgan fingerprint density at radius 2 is 2.10 bits per heavy atom. The molecule has 2 aliphatic heterocycles. The van der Waals surface area contributed by atoms with Gasteiger partial charge in [0, 0.05) is 23.9 Å². The van der Waals surface area contributed by atoms with Crippen molar-refractivity contribution in [1.82, 2.24) is 4.57 Å². The van der Waals surface area contributed by atoms with Gasteiger partial charge in [0.1, 0.15) is 28.9 Å². The maximum Gasteiger partial charge on any atom is 0.258 e. The van der Waals surface area contributed by atoms with Crippen molar-refractivity contribution in [3.8, 4) is 23.3 Å². The van der Waals surface area contributed by atoms with Crippen LogP contribution in [-0.4, -0.2) is 31.5 Å². The van der Waals surface area contributed by atoms with Gasteiger partial charge in [0.15, 0.2) is 0 Å². The molecule has 162 valence electrons. The Bertz CT molecular complexity index is 1140. The molecule has 2 atom stereocenters. The van der Waals surface area contributed by atoms with Crippen LogP contribution in [0.2, 0.25) is 0 Å². The van der Waals surface area contributed by atoms with Crippen molar-refractivity contribution in [2.45, 2.75) is 38.3 Å². The molecular formula is C23H25N3O5. The van der Waals surface area contributed by atoms with Gasteiger partial charge in [-0.3, -0.25) is 4.79 Å². The van der Waals surface area contributed by atoms with Crippen LogP contribution in [0, 0.1) is 18.3 Å². The van der Waals surface area contributed by atoms with Gasteiger partial charge in [-0.1, -0.05) is 0 Å². The lowest BCUT2D eigenvalue weighted by Crippen LogP contribution is -2.35. The zero-order chi connectivity index (χ0) is 22.1. The number of nitrogens with zero attached hydrogens (tertiary/aromatic N) is 2. The maximum atomic E-state index is 13.7. The summed E-state index contributed by atoms with van der Waals surface area (Å²) in [6.45, 7) is 3.00. The van der Waals surface area contributed by atoms with Crippen LogP contribution in [0.1, 0.15) is 35.6 Å². The van der Waals surface area contributed by atoms with Gasteiger partial charge >= 0.3 is 0 Å². The van der Waals surface area contributed by atoms with Crippen molar-refractivity contribution in [3.05, 3.63) is 62.9 Å². The van der Waals surface area contributed by atoms with E-state index in [4.69, 9.17) is 24.7 Å². The highest BCUT2D eigenvalue weighted by atomic mass is 16.5. The number of aromatic nitrogens is 1. The average molecular weight is 423 g/mol. The number of fused-ring (bicyclic) bond motifs is 1. The van der Waals surface area contributed by atoms with Crippen molar-refractivity contribution < 1.29 is 18.9 Å². The number of benzene rings is 1. The van der Waals surface area contributed by atoms with E-state index in [-0.39, 0.29) is 23.1 Å². The molecule has 8 nitrogen and oxygen atoms in total. The topological polar surface area (TPSA) is 109 Å². The third-order valence-corrected chi connectivity index (χ3v) is 5.85. The number of aryl methyl sites for hydroxylation is 1. The van der Waals surface area contributed by atoms with Gasteiger partial charge in [-0.15, -0.1) is 0 Å². The zero-order valence-corrected chi connectivity index (χ0v) is 17.8. The number of hydrogen-bond donors (Lipinski definition) is 1. The minimum atomic E-state index is -0.748. The molecule has 0 bridgehead atoms. The van der Waals surface area contributed by atoms with Crippen LogP contribution in [0.15, 0.2) is 40.5 Å². The summed E-state index contributed by atoms with van der Waals surface area (Å²) in [5, 5.41) is 9.88. The third-order valence-electron chi connectivity index (χ3n) is 5.85. The van der Waals surface area contributed by atoms with E-state index >= 15 is 0 Å². The van der Waals surface area contributed by atoms with Gasteiger partial charge in [-0.05, 0) is 38.0 Å². The lowest BCUT2D eigenvalue weighted by Gasteiger charge is -2.28. The average Bonchev–Trinajstić information content (AvgIpc) is 3.28. The summed E-state index contributed by atoms with van der Waals surface area (Å²) >= 11 is 0. The molecule has 1 aromatic carbocycles. The quantitative estimate of drug-likeness (QED) is 0.787. The van der Waals surface area contributed by atoms with E-state index < -0.39 is 5.92 Å². The van der Waals surface area contributed by atoms with Gasteiger partial charge in [-0.2, -0.15) is 5.26 Å². The van der Waals surface area contributed by atoms with Crippen molar-refractivity contribution >= 4 is 0 Å². The molecule has 4 rings (SSSR count). The van der Waals surface area contributed by atoms with Crippen LogP contribution in [0.3, 0.4) is 0 Å². The molecular weight excluding hydrogens is 398 g/mol. The maximum absolute atomic E-state index is 13.7. The first-order valence-electron chi connectivity index (χ1n) is 10.1. The summed E-state index contributed by atoms with van der Waals surface area (Å²) in [6, 6.07) is 9.17. The highest BCUT2D eigenvalue weighted by Gasteiger charge is 2.36. The van der Waals surface area contributed by atoms with E-state index in [1.807, 2.05) is 6.92 Å². The first kappa shape index (κ1) is 20.8. The molecule has 0 radical (unpaired) electrons. The standard InChI is InChI=1S/C23H25N3O5/c1-13-9-19-21(23(27)26(13)12-15-5-4-8-30-15)20(17(11-24)22(25)31-19)16-10-14(28-2)6-7-18(16)29-3/h6-7,9-10,15,20H,4-5,8,12,25H2,1-3H3/t15-,20+/m0/s1. The fourth-order valence-corrected chi connectivity index (χ4v) is 4.28. The summed E-state index contributed by atoms with van der Waals surface area (Å²) in [6.07, 6.45) is 1.87. The zero-order valence-electron chi connectivity index (χ0n) is 17.8. The van der Waals surface area contributed by atoms with Crippen LogP contribution in [0.4, 0.5) is 0 Å². The molecule has 2 N–H and O–H groups in total. The Morgan fingerprint density at radius 1 is 1.29 bits per heavy atom. The molecule has 2 aromatic rings. The lowest BCUT2D eigenvalue weighted by molar-refractivity contribution is 0.0954. The van der Waals surface area contributed by atoms with Crippen LogP contribution in [0.25, 0.3) is 0 Å². The summed E-state index contributed by atoms with van der Waals surface area (Å²) in [4.78, 5) is 13.7. The molecule has 2 aliphatic rings. The molecule has 1 fully saturated rings. The fraction of sp³-hybridized carbons (Fsp3) is 0.391. The van der Waals surface area contributed by atoms with Gasteiger partial charge in [0.05, 0.1) is 38.3 Å². The van der Waals surface area contributed by atoms with E-state index in [1.165, 1.54) is 7.11 Å². The smallest absolute Gasteiger partial charge is 0.258 e. The number of pyridine rings is 1.